The Labute approximate surface area is 174 Å². The summed E-state index contributed by atoms with van der Waals surface area (Å²) in [7, 11) is 0. The van der Waals surface area contributed by atoms with E-state index in [-0.39, 0.29) is 11.8 Å². The van der Waals surface area contributed by atoms with Crippen LogP contribution in [-0.4, -0.2) is 27.9 Å². The zero-order valence-corrected chi connectivity index (χ0v) is 16.2. The summed E-state index contributed by atoms with van der Waals surface area (Å²) in [5.74, 6) is -0.257. The monoisotopic (exact) mass is 433 g/mol. The van der Waals surface area contributed by atoms with Crippen LogP contribution in [-0.2, 0) is 6.42 Å². The molecule has 1 N–H and O–H groups in total. The molecule has 2 aromatic heterocycles. The van der Waals surface area contributed by atoms with Crippen LogP contribution in [0.5, 0.6) is 11.8 Å². The molecule has 2 aromatic carbocycles. The number of fused-ring (bicyclic) bond motifs is 1. The van der Waals surface area contributed by atoms with E-state index in [0.717, 1.165) is 27.7 Å². The lowest BCUT2D eigenvalue weighted by Gasteiger charge is -2.09. The van der Waals surface area contributed by atoms with Crippen LogP contribution < -0.4 is 9.47 Å². The maximum absolute atomic E-state index is 12.4. The van der Waals surface area contributed by atoms with Gasteiger partial charge in [-0.2, -0.15) is 0 Å². The predicted molar refractivity (Wildman–Crippen MR) is 107 cm³/mol. The first-order valence-electron chi connectivity index (χ1n) is 8.94. The molecule has 2 heterocycles. The smallest absolute Gasteiger partial charge is 0.463 e. The minimum absolute atomic E-state index is 0.248. The molecule has 0 aliphatic carbocycles. The molecule has 0 amide bonds. The number of aromatic amines is 1. The van der Waals surface area contributed by atoms with Crippen LogP contribution in [0.4, 0.5) is 13.2 Å². The SMILES string of the molecule is FC(F)(F)Oc1ccc(-c2cccc3cc(CCOc4ncc(Cl)cn4)[nH]c23)cc1. The lowest BCUT2D eigenvalue weighted by molar-refractivity contribution is -0.274. The number of halogens is 4. The van der Waals surface area contributed by atoms with Crippen molar-refractivity contribution in [1.82, 2.24) is 15.0 Å². The molecule has 0 fully saturated rings. The van der Waals surface area contributed by atoms with Crippen LogP contribution in [0.2, 0.25) is 5.02 Å². The molecule has 9 heteroatoms. The largest absolute Gasteiger partial charge is 0.573 e. The summed E-state index contributed by atoms with van der Waals surface area (Å²) in [6, 6.07) is 13.8. The molecule has 30 heavy (non-hydrogen) atoms. The fourth-order valence-corrected chi connectivity index (χ4v) is 3.15. The molecule has 0 atom stereocenters. The van der Waals surface area contributed by atoms with E-state index in [0.29, 0.717) is 18.1 Å². The predicted octanol–water partition coefficient (Wildman–Crippen LogP) is 5.80. The molecule has 0 unspecified atom stereocenters. The molecular formula is C21H15ClF3N3O2. The number of nitrogens with zero attached hydrogens (tertiary/aromatic N) is 2. The van der Waals surface area contributed by atoms with E-state index in [4.69, 9.17) is 16.3 Å². The Morgan fingerprint density at radius 3 is 2.43 bits per heavy atom. The van der Waals surface area contributed by atoms with Crippen molar-refractivity contribution in [3.8, 4) is 22.9 Å². The van der Waals surface area contributed by atoms with Gasteiger partial charge in [0.15, 0.2) is 0 Å². The number of para-hydroxylation sites is 1. The number of nitrogens with one attached hydrogen (secondary N) is 1. The van der Waals surface area contributed by atoms with Gasteiger partial charge in [-0.05, 0) is 23.8 Å². The molecular weight excluding hydrogens is 419 g/mol. The summed E-state index contributed by atoms with van der Waals surface area (Å²) in [4.78, 5) is 11.3. The molecule has 0 bridgehead atoms. The summed E-state index contributed by atoms with van der Waals surface area (Å²) < 4.78 is 46.5. The second-order valence-electron chi connectivity index (χ2n) is 6.42. The van der Waals surface area contributed by atoms with Crippen LogP contribution >= 0.6 is 11.6 Å². The van der Waals surface area contributed by atoms with E-state index in [9.17, 15) is 13.2 Å². The minimum Gasteiger partial charge on any atom is -0.463 e. The number of hydrogen-bond acceptors (Lipinski definition) is 4. The van der Waals surface area contributed by atoms with E-state index >= 15 is 0 Å². The number of H-pyrrole nitrogens is 1. The molecule has 0 saturated carbocycles. The van der Waals surface area contributed by atoms with Crippen molar-refractivity contribution in [2.45, 2.75) is 12.8 Å². The minimum atomic E-state index is -4.71. The quantitative estimate of drug-likeness (QED) is 0.417. The number of aromatic nitrogens is 3. The van der Waals surface area contributed by atoms with Gasteiger partial charge in [-0.25, -0.2) is 9.97 Å². The van der Waals surface area contributed by atoms with Crippen LogP contribution in [0, 0.1) is 0 Å². The van der Waals surface area contributed by atoms with E-state index < -0.39 is 6.36 Å². The lowest BCUT2D eigenvalue weighted by atomic mass is 10.0. The Morgan fingerprint density at radius 2 is 1.73 bits per heavy atom. The second kappa shape index (κ2) is 8.23. The third kappa shape index (κ3) is 4.83. The Morgan fingerprint density at radius 1 is 1.00 bits per heavy atom. The highest BCUT2D eigenvalue weighted by atomic mass is 35.5. The zero-order chi connectivity index (χ0) is 21.1. The standard InChI is InChI=1S/C21H15ClF3N3O2/c22-15-11-26-20(27-12-15)29-9-8-16-10-14-2-1-3-18(19(14)28-16)13-4-6-17(7-5-13)30-21(23,24)25/h1-7,10-12,28H,8-9H2. The fourth-order valence-electron chi connectivity index (χ4n) is 3.05. The van der Waals surface area contributed by atoms with Crippen LogP contribution in [0.1, 0.15) is 5.69 Å². The van der Waals surface area contributed by atoms with Crippen molar-refractivity contribution in [3.05, 3.63) is 71.6 Å². The Hall–Kier alpha value is -3.26. The highest BCUT2D eigenvalue weighted by Crippen LogP contribution is 2.31. The van der Waals surface area contributed by atoms with Gasteiger partial charge in [0.2, 0.25) is 0 Å². The molecule has 0 aliphatic heterocycles. The van der Waals surface area contributed by atoms with Gasteiger partial charge < -0.3 is 14.5 Å². The van der Waals surface area contributed by atoms with Crippen molar-refractivity contribution < 1.29 is 22.6 Å². The first kappa shape index (κ1) is 20.0. The van der Waals surface area contributed by atoms with E-state index in [1.54, 1.807) is 12.1 Å². The molecule has 0 spiro atoms. The lowest BCUT2D eigenvalue weighted by Crippen LogP contribution is -2.16. The summed E-state index contributed by atoms with van der Waals surface area (Å²) >= 11 is 5.75. The maximum Gasteiger partial charge on any atom is 0.573 e. The van der Waals surface area contributed by atoms with Gasteiger partial charge in [0.25, 0.3) is 0 Å². The van der Waals surface area contributed by atoms with Gasteiger partial charge in [-0.3, -0.25) is 0 Å². The normalized spacial score (nSPS) is 11.6. The van der Waals surface area contributed by atoms with Crippen molar-refractivity contribution in [2.24, 2.45) is 0 Å². The third-order valence-electron chi connectivity index (χ3n) is 4.31. The van der Waals surface area contributed by atoms with Crippen molar-refractivity contribution in [2.75, 3.05) is 6.61 Å². The van der Waals surface area contributed by atoms with Crippen LogP contribution in [0.25, 0.3) is 22.0 Å². The summed E-state index contributed by atoms with van der Waals surface area (Å²) in [6.07, 6.45) is -1.19. The number of benzene rings is 2. The Balaban J connectivity index is 1.50. The van der Waals surface area contributed by atoms with Gasteiger partial charge in [0.1, 0.15) is 5.75 Å². The average molecular weight is 434 g/mol. The van der Waals surface area contributed by atoms with Crippen molar-refractivity contribution >= 4 is 22.5 Å². The maximum atomic E-state index is 12.4. The second-order valence-corrected chi connectivity index (χ2v) is 6.86. The summed E-state index contributed by atoms with van der Waals surface area (Å²) in [5.41, 5.74) is 3.48. The fraction of sp³-hybridized carbons (Fsp3) is 0.143. The van der Waals surface area contributed by atoms with E-state index in [1.807, 2.05) is 24.3 Å². The highest BCUT2D eigenvalue weighted by Gasteiger charge is 2.31. The zero-order valence-electron chi connectivity index (χ0n) is 15.4. The first-order valence-corrected chi connectivity index (χ1v) is 9.32. The molecule has 5 nitrogen and oxygen atoms in total. The summed E-state index contributed by atoms with van der Waals surface area (Å²) in [6.45, 7) is 0.368. The highest BCUT2D eigenvalue weighted by molar-refractivity contribution is 6.30. The number of rotatable bonds is 6. The average Bonchev–Trinajstić information content (AvgIpc) is 3.12. The van der Waals surface area contributed by atoms with Gasteiger partial charge in [0.05, 0.1) is 29.5 Å². The van der Waals surface area contributed by atoms with Crippen molar-refractivity contribution in [1.29, 1.82) is 0 Å². The van der Waals surface area contributed by atoms with Gasteiger partial charge in [-0.15, -0.1) is 13.2 Å². The molecule has 154 valence electrons. The van der Waals surface area contributed by atoms with Crippen LogP contribution in [0.3, 0.4) is 0 Å². The molecule has 0 radical (unpaired) electrons. The molecule has 4 rings (SSSR count). The summed E-state index contributed by atoms with van der Waals surface area (Å²) in [5, 5.41) is 1.42. The van der Waals surface area contributed by atoms with Crippen molar-refractivity contribution in [3.63, 3.8) is 0 Å². The van der Waals surface area contributed by atoms with E-state index in [2.05, 4.69) is 19.7 Å². The topological polar surface area (TPSA) is 60.0 Å². The first-order chi connectivity index (χ1) is 14.4. The Bertz CT molecular complexity index is 1140. The Kier molecular flexibility index (Phi) is 5.50. The number of alkyl halides is 3. The molecule has 0 saturated heterocycles. The third-order valence-corrected chi connectivity index (χ3v) is 4.51. The van der Waals surface area contributed by atoms with Crippen LogP contribution in [0.15, 0.2) is 60.9 Å². The number of ether oxygens (including phenoxy) is 2. The van der Waals surface area contributed by atoms with Gasteiger partial charge in [-0.1, -0.05) is 41.9 Å². The number of hydrogen-bond donors (Lipinski definition) is 1. The van der Waals surface area contributed by atoms with E-state index in [1.165, 1.54) is 24.5 Å². The van der Waals surface area contributed by atoms with Gasteiger partial charge >= 0.3 is 12.4 Å². The molecule has 4 aromatic rings. The van der Waals surface area contributed by atoms with Gasteiger partial charge in [0, 0.05) is 23.1 Å². The molecule has 0 aliphatic rings.